The quantitative estimate of drug-likeness (QED) is 0.292. The number of rotatable bonds is 7. The number of carbonyl (C=O) groups excluding carboxylic acids is 1. The lowest BCUT2D eigenvalue weighted by molar-refractivity contribution is -0.136. The average molecular weight is 565 g/mol. The SMILES string of the molecule is COc1nc2ccccc2cc1-c1cnc(C2CN(CC3CCOC3)CCN2C(=O)Cc2c(C)[nH]c3ccccc23)[nH]1. The van der Waals surface area contributed by atoms with Crippen LogP contribution in [0.4, 0.5) is 0 Å². The normalized spacial score (nSPS) is 19.6. The minimum absolute atomic E-state index is 0.111. The number of piperazine rings is 1. The van der Waals surface area contributed by atoms with E-state index in [1.165, 1.54) is 0 Å². The first-order valence-corrected chi connectivity index (χ1v) is 14.7. The molecule has 2 unspecified atom stereocenters. The van der Waals surface area contributed by atoms with E-state index in [0.717, 1.165) is 89.4 Å². The summed E-state index contributed by atoms with van der Waals surface area (Å²) in [5.74, 6) is 1.95. The van der Waals surface area contributed by atoms with Crippen LogP contribution in [0.15, 0.2) is 60.8 Å². The van der Waals surface area contributed by atoms with Crippen molar-refractivity contribution in [3.8, 4) is 17.1 Å². The highest BCUT2D eigenvalue weighted by Gasteiger charge is 2.35. The van der Waals surface area contributed by atoms with Crippen molar-refractivity contribution >= 4 is 27.7 Å². The molecule has 9 heteroatoms. The van der Waals surface area contributed by atoms with Gasteiger partial charge in [-0.1, -0.05) is 36.4 Å². The Bertz CT molecular complexity index is 1740. The number of aromatic amines is 2. The van der Waals surface area contributed by atoms with E-state index in [0.29, 0.717) is 24.8 Å². The number of carbonyl (C=O) groups is 1. The lowest BCUT2D eigenvalue weighted by Gasteiger charge is -2.41. The predicted octanol–water partition coefficient (Wildman–Crippen LogP) is 4.89. The fourth-order valence-corrected chi connectivity index (χ4v) is 6.54. The number of hydrogen-bond donors (Lipinski definition) is 2. The van der Waals surface area contributed by atoms with E-state index < -0.39 is 0 Å². The predicted molar refractivity (Wildman–Crippen MR) is 162 cm³/mol. The van der Waals surface area contributed by atoms with Crippen molar-refractivity contribution in [2.24, 2.45) is 5.92 Å². The number of para-hydroxylation sites is 2. The molecule has 2 atom stereocenters. The lowest BCUT2D eigenvalue weighted by Crippen LogP contribution is -2.52. The molecule has 3 aromatic heterocycles. The molecule has 2 aromatic carbocycles. The van der Waals surface area contributed by atoms with Crippen LogP contribution in [0.1, 0.15) is 29.5 Å². The lowest BCUT2D eigenvalue weighted by atomic mass is 10.0. The van der Waals surface area contributed by atoms with E-state index in [-0.39, 0.29) is 11.9 Å². The molecule has 1 amide bonds. The summed E-state index contributed by atoms with van der Waals surface area (Å²) in [7, 11) is 1.64. The maximum absolute atomic E-state index is 14.0. The fraction of sp³-hybridized carbons (Fsp3) is 0.364. The van der Waals surface area contributed by atoms with Gasteiger partial charge >= 0.3 is 0 Å². The molecule has 2 aliphatic heterocycles. The van der Waals surface area contributed by atoms with Gasteiger partial charge in [-0.3, -0.25) is 9.69 Å². The molecule has 2 N–H and O–H groups in total. The summed E-state index contributed by atoms with van der Waals surface area (Å²) >= 11 is 0. The average Bonchev–Trinajstić information content (AvgIpc) is 3.78. The Morgan fingerprint density at radius 1 is 1.12 bits per heavy atom. The Morgan fingerprint density at radius 2 is 1.98 bits per heavy atom. The van der Waals surface area contributed by atoms with Gasteiger partial charge in [0.05, 0.1) is 43.1 Å². The van der Waals surface area contributed by atoms with Crippen LogP contribution in [-0.4, -0.2) is 82.1 Å². The van der Waals surface area contributed by atoms with E-state index in [4.69, 9.17) is 19.4 Å². The molecule has 0 aliphatic carbocycles. The van der Waals surface area contributed by atoms with Gasteiger partial charge in [-0.05, 0) is 43.0 Å². The van der Waals surface area contributed by atoms with Crippen LogP contribution < -0.4 is 4.74 Å². The van der Waals surface area contributed by atoms with E-state index in [1.807, 2.05) is 54.4 Å². The van der Waals surface area contributed by atoms with Gasteiger partial charge in [-0.15, -0.1) is 0 Å². The Balaban J connectivity index is 1.20. The smallest absolute Gasteiger partial charge is 0.227 e. The molecule has 2 aliphatic rings. The van der Waals surface area contributed by atoms with Crippen LogP contribution >= 0.6 is 0 Å². The number of pyridine rings is 1. The summed E-state index contributed by atoms with van der Waals surface area (Å²) in [5, 5.41) is 2.13. The zero-order chi connectivity index (χ0) is 28.6. The summed E-state index contributed by atoms with van der Waals surface area (Å²) in [4.78, 5) is 35.1. The van der Waals surface area contributed by atoms with Gasteiger partial charge in [0.2, 0.25) is 11.8 Å². The zero-order valence-corrected chi connectivity index (χ0v) is 24.1. The van der Waals surface area contributed by atoms with E-state index in [9.17, 15) is 4.79 Å². The number of aromatic nitrogens is 4. The third-order valence-corrected chi connectivity index (χ3v) is 8.76. The minimum Gasteiger partial charge on any atom is -0.480 e. The summed E-state index contributed by atoms with van der Waals surface area (Å²) in [6.45, 7) is 6.86. The molecule has 5 heterocycles. The van der Waals surface area contributed by atoms with Gasteiger partial charge in [0.25, 0.3) is 0 Å². The first kappa shape index (κ1) is 26.7. The second-order valence-corrected chi connectivity index (χ2v) is 11.5. The van der Waals surface area contributed by atoms with Crippen LogP contribution in [-0.2, 0) is 16.0 Å². The van der Waals surface area contributed by atoms with Crippen molar-refractivity contribution in [3.63, 3.8) is 0 Å². The molecule has 2 saturated heterocycles. The largest absolute Gasteiger partial charge is 0.480 e. The first-order valence-electron chi connectivity index (χ1n) is 14.7. The molecule has 0 saturated carbocycles. The molecule has 2 fully saturated rings. The van der Waals surface area contributed by atoms with Crippen molar-refractivity contribution in [2.75, 3.05) is 46.5 Å². The molecule has 5 aromatic rings. The van der Waals surface area contributed by atoms with E-state index >= 15 is 0 Å². The number of amides is 1. The number of methoxy groups -OCH3 is 1. The maximum Gasteiger partial charge on any atom is 0.227 e. The highest BCUT2D eigenvalue weighted by atomic mass is 16.5. The van der Waals surface area contributed by atoms with Crippen LogP contribution in [0.25, 0.3) is 33.1 Å². The summed E-state index contributed by atoms with van der Waals surface area (Å²) in [6.07, 6.45) is 3.27. The Kier molecular flexibility index (Phi) is 7.13. The second kappa shape index (κ2) is 11.2. The topological polar surface area (TPSA) is 99.4 Å². The number of nitrogens with zero attached hydrogens (tertiary/aromatic N) is 4. The number of hydrogen-bond acceptors (Lipinski definition) is 6. The van der Waals surface area contributed by atoms with Gasteiger partial charge in [-0.2, -0.15) is 0 Å². The summed E-state index contributed by atoms with van der Waals surface area (Å²) in [5.41, 5.74) is 5.70. The van der Waals surface area contributed by atoms with Crippen molar-refractivity contribution in [3.05, 3.63) is 77.9 Å². The number of fused-ring (bicyclic) bond motifs is 2. The number of H-pyrrole nitrogens is 2. The van der Waals surface area contributed by atoms with Crippen molar-refractivity contribution in [2.45, 2.75) is 25.8 Å². The number of benzene rings is 2. The Morgan fingerprint density at radius 3 is 2.83 bits per heavy atom. The maximum atomic E-state index is 14.0. The van der Waals surface area contributed by atoms with Gasteiger partial charge in [-0.25, -0.2) is 9.97 Å². The monoisotopic (exact) mass is 564 g/mol. The van der Waals surface area contributed by atoms with Crippen LogP contribution in [0.5, 0.6) is 5.88 Å². The third-order valence-electron chi connectivity index (χ3n) is 8.76. The summed E-state index contributed by atoms with van der Waals surface area (Å²) in [6, 6.07) is 18.1. The first-order chi connectivity index (χ1) is 20.6. The standard InChI is InChI=1S/C33H36N6O3/c1-21-25(24-8-4-6-10-28(24)35-21)16-31(40)39-13-12-38(18-22-11-14-42-20-22)19-30(39)32-34-17-29(36-32)26-15-23-7-3-5-9-27(23)37-33(26)41-2/h3-10,15,17,22,30,35H,11-14,16,18-20H2,1-2H3,(H,34,36). The van der Waals surface area contributed by atoms with Crippen LogP contribution in [0, 0.1) is 12.8 Å². The van der Waals surface area contributed by atoms with Crippen LogP contribution in [0.3, 0.4) is 0 Å². The Labute approximate surface area is 244 Å². The van der Waals surface area contributed by atoms with Gasteiger partial charge in [0.1, 0.15) is 11.9 Å². The minimum atomic E-state index is -0.202. The fourth-order valence-electron chi connectivity index (χ4n) is 6.54. The number of imidazole rings is 1. The van der Waals surface area contributed by atoms with Crippen LogP contribution in [0.2, 0.25) is 0 Å². The number of ether oxygens (including phenoxy) is 2. The molecule has 0 radical (unpaired) electrons. The highest BCUT2D eigenvalue weighted by Crippen LogP contribution is 2.33. The molecular weight excluding hydrogens is 528 g/mol. The molecule has 42 heavy (non-hydrogen) atoms. The molecular formula is C33H36N6O3. The molecule has 0 spiro atoms. The van der Waals surface area contributed by atoms with E-state index in [2.05, 4.69) is 33.1 Å². The highest BCUT2D eigenvalue weighted by molar-refractivity contribution is 5.90. The Hall–Kier alpha value is -4.21. The van der Waals surface area contributed by atoms with Crippen molar-refractivity contribution in [1.82, 2.24) is 29.7 Å². The number of nitrogens with one attached hydrogen (secondary N) is 2. The van der Waals surface area contributed by atoms with Gasteiger partial charge in [0.15, 0.2) is 0 Å². The van der Waals surface area contributed by atoms with Gasteiger partial charge in [0, 0.05) is 54.8 Å². The molecule has 216 valence electrons. The van der Waals surface area contributed by atoms with E-state index in [1.54, 1.807) is 7.11 Å². The second-order valence-electron chi connectivity index (χ2n) is 11.5. The van der Waals surface area contributed by atoms with Gasteiger partial charge < -0.3 is 24.3 Å². The van der Waals surface area contributed by atoms with Crippen molar-refractivity contribution in [1.29, 1.82) is 0 Å². The molecule has 0 bridgehead atoms. The molecule has 9 nitrogen and oxygen atoms in total. The zero-order valence-electron chi connectivity index (χ0n) is 24.1. The number of aryl methyl sites for hydroxylation is 1. The van der Waals surface area contributed by atoms with Crippen molar-refractivity contribution < 1.29 is 14.3 Å². The third kappa shape index (κ3) is 5.03. The summed E-state index contributed by atoms with van der Waals surface area (Å²) < 4.78 is 11.3. The molecule has 7 rings (SSSR count).